The maximum atomic E-state index is 12.7. The summed E-state index contributed by atoms with van der Waals surface area (Å²) < 4.78 is 8.10. The van der Waals surface area contributed by atoms with Crippen LogP contribution < -0.4 is 0 Å². The average Bonchev–Trinajstić information content (AvgIpc) is 3.31. The lowest BCUT2D eigenvalue weighted by Gasteiger charge is -2.18. The van der Waals surface area contributed by atoms with Gasteiger partial charge in [0.05, 0.1) is 23.6 Å². The summed E-state index contributed by atoms with van der Waals surface area (Å²) in [5.41, 5.74) is 2.77. The van der Waals surface area contributed by atoms with Gasteiger partial charge in [-0.25, -0.2) is 4.63 Å². The number of fused-ring (bicyclic) bond motifs is 1. The summed E-state index contributed by atoms with van der Waals surface area (Å²) in [6.45, 7) is 3.34. The molecule has 0 bridgehead atoms. The highest BCUT2D eigenvalue weighted by Crippen LogP contribution is 2.23. The van der Waals surface area contributed by atoms with Crippen molar-refractivity contribution in [3.63, 3.8) is 0 Å². The fraction of sp³-hybridized carbons (Fsp3) is 0.438. The van der Waals surface area contributed by atoms with E-state index >= 15 is 0 Å². The summed E-state index contributed by atoms with van der Waals surface area (Å²) >= 11 is 0. The van der Waals surface area contributed by atoms with E-state index in [-0.39, 0.29) is 11.6 Å². The molecule has 1 aliphatic heterocycles. The number of aromatic nitrogens is 6. The molecule has 0 radical (unpaired) electrons. The van der Waals surface area contributed by atoms with Gasteiger partial charge in [0, 0.05) is 26.3 Å². The van der Waals surface area contributed by atoms with Crippen LogP contribution in [0.5, 0.6) is 0 Å². The molecule has 10 nitrogen and oxygen atoms in total. The van der Waals surface area contributed by atoms with Crippen molar-refractivity contribution >= 4 is 5.91 Å². The molecule has 1 atom stereocenters. The second-order valence-corrected chi connectivity index (χ2v) is 6.34. The van der Waals surface area contributed by atoms with Crippen molar-refractivity contribution in [3.05, 3.63) is 46.8 Å². The SMILES string of the molecule is Cc1nonc1C(=O)N1CCCn2nc([C@@H](O)c3ccnn3C)cc2C1. The molecular formula is C16H19N7O3. The number of aryl methyl sites for hydroxylation is 3. The van der Waals surface area contributed by atoms with Gasteiger partial charge in [0.1, 0.15) is 11.8 Å². The Kier molecular flexibility index (Phi) is 4.03. The fourth-order valence-corrected chi connectivity index (χ4v) is 3.17. The van der Waals surface area contributed by atoms with Crippen LogP contribution in [0.15, 0.2) is 23.0 Å². The van der Waals surface area contributed by atoms with Gasteiger partial charge in [0.25, 0.3) is 5.91 Å². The maximum absolute atomic E-state index is 12.7. The minimum Gasteiger partial charge on any atom is -0.380 e. The molecule has 0 saturated carbocycles. The second-order valence-electron chi connectivity index (χ2n) is 6.34. The highest BCUT2D eigenvalue weighted by Gasteiger charge is 2.27. The molecule has 26 heavy (non-hydrogen) atoms. The normalized spacial score (nSPS) is 15.6. The fourth-order valence-electron chi connectivity index (χ4n) is 3.17. The molecule has 0 unspecified atom stereocenters. The predicted molar refractivity (Wildman–Crippen MR) is 87.9 cm³/mol. The molecule has 3 aromatic heterocycles. The molecule has 4 heterocycles. The molecule has 0 spiro atoms. The molecule has 0 aromatic carbocycles. The monoisotopic (exact) mass is 357 g/mol. The van der Waals surface area contributed by atoms with Gasteiger partial charge in [0.15, 0.2) is 5.69 Å². The first-order valence-electron chi connectivity index (χ1n) is 8.35. The van der Waals surface area contributed by atoms with Gasteiger partial charge in [-0.05, 0) is 30.6 Å². The number of nitrogens with zero attached hydrogens (tertiary/aromatic N) is 7. The summed E-state index contributed by atoms with van der Waals surface area (Å²) in [5.74, 6) is -0.216. The molecule has 1 aliphatic rings. The Hall–Kier alpha value is -3.01. The van der Waals surface area contributed by atoms with Gasteiger partial charge in [-0.1, -0.05) is 5.16 Å². The van der Waals surface area contributed by atoms with Gasteiger partial charge in [-0.2, -0.15) is 10.2 Å². The summed E-state index contributed by atoms with van der Waals surface area (Å²) in [6, 6.07) is 3.59. The van der Waals surface area contributed by atoms with Crippen LogP contribution in [0.4, 0.5) is 0 Å². The van der Waals surface area contributed by atoms with Crippen LogP contribution in [0.1, 0.15) is 45.8 Å². The second kappa shape index (κ2) is 6.37. The summed E-state index contributed by atoms with van der Waals surface area (Å²) in [7, 11) is 1.77. The van der Waals surface area contributed by atoms with Crippen molar-refractivity contribution in [1.82, 2.24) is 34.8 Å². The average molecular weight is 357 g/mol. The van der Waals surface area contributed by atoms with E-state index in [0.29, 0.717) is 36.7 Å². The van der Waals surface area contributed by atoms with Crippen LogP contribution in [-0.4, -0.2) is 52.3 Å². The zero-order chi connectivity index (χ0) is 18.3. The van der Waals surface area contributed by atoms with Gasteiger partial charge in [0.2, 0.25) is 0 Å². The lowest BCUT2D eigenvalue weighted by Crippen LogP contribution is -2.31. The van der Waals surface area contributed by atoms with Crippen LogP contribution in [0, 0.1) is 6.92 Å². The number of carbonyl (C=O) groups is 1. The largest absolute Gasteiger partial charge is 0.380 e. The van der Waals surface area contributed by atoms with E-state index in [1.54, 1.807) is 35.8 Å². The third kappa shape index (κ3) is 2.77. The minimum atomic E-state index is -0.868. The van der Waals surface area contributed by atoms with Crippen molar-refractivity contribution in [2.45, 2.75) is 32.5 Å². The molecule has 0 fully saturated rings. The third-order valence-electron chi connectivity index (χ3n) is 4.59. The number of hydrogen-bond acceptors (Lipinski definition) is 7. The van der Waals surface area contributed by atoms with Gasteiger partial charge >= 0.3 is 0 Å². The van der Waals surface area contributed by atoms with E-state index in [2.05, 4.69) is 25.1 Å². The first kappa shape index (κ1) is 16.5. The Morgan fingerprint density at radius 3 is 2.88 bits per heavy atom. The zero-order valence-corrected chi connectivity index (χ0v) is 14.5. The Balaban J connectivity index is 1.59. The van der Waals surface area contributed by atoms with Gasteiger partial charge in [-0.15, -0.1) is 0 Å². The number of aliphatic hydroxyl groups excluding tert-OH is 1. The number of hydrogen-bond donors (Lipinski definition) is 1. The minimum absolute atomic E-state index is 0.216. The van der Waals surface area contributed by atoms with E-state index in [0.717, 1.165) is 12.1 Å². The molecule has 1 N–H and O–H groups in total. The number of carbonyl (C=O) groups excluding carboxylic acids is 1. The number of aliphatic hydroxyl groups is 1. The molecule has 0 saturated heterocycles. The highest BCUT2D eigenvalue weighted by molar-refractivity contribution is 5.93. The quantitative estimate of drug-likeness (QED) is 0.723. The standard InChI is InChI=1S/C16H19N7O3/c1-10-14(20-26-19-10)16(25)22-6-3-7-23-11(9-22)8-12(18-23)15(24)13-4-5-17-21(13)2/h4-5,8,15,24H,3,6-7,9H2,1-2H3/t15-/m1/s1. The van der Waals surface area contributed by atoms with Gasteiger partial charge in [-0.3, -0.25) is 14.2 Å². The first-order valence-corrected chi connectivity index (χ1v) is 8.35. The number of amides is 1. The Morgan fingerprint density at radius 1 is 1.35 bits per heavy atom. The first-order chi connectivity index (χ1) is 12.5. The van der Waals surface area contributed by atoms with E-state index in [1.165, 1.54) is 0 Å². The molecule has 136 valence electrons. The summed E-state index contributed by atoms with van der Waals surface area (Å²) in [6.07, 6.45) is 1.52. The predicted octanol–water partition coefficient (Wildman–Crippen LogP) is 0.436. The summed E-state index contributed by atoms with van der Waals surface area (Å²) in [4.78, 5) is 14.4. The molecule has 3 aromatic rings. The van der Waals surface area contributed by atoms with Gasteiger partial charge < -0.3 is 10.0 Å². The van der Waals surface area contributed by atoms with E-state index in [9.17, 15) is 9.90 Å². The van der Waals surface area contributed by atoms with Crippen molar-refractivity contribution in [2.75, 3.05) is 6.54 Å². The highest BCUT2D eigenvalue weighted by atomic mass is 16.6. The topological polar surface area (TPSA) is 115 Å². The van der Waals surface area contributed by atoms with Crippen LogP contribution in [0.25, 0.3) is 0 Å². The molecule has 1 amide bonds. The molecule has 4 rings (SSSR count). The van der Waals surface area contributed by atoms with Crippen molar-refractivity contribution in [3.8, 4) is 0 Å². The Labute approximate surface area is 149 Å². The van der Waals surface area contributed by atoms with Crippen LogP contribution in [0.2, 0.25) is 0 Å². The zero-order valence-electron chi connectivity index (χ0n) is 14.5. The lowest BCUT2D eigenvalue weighted by atomic mass is 10.1. The Morgan fingerprint density at radius 2 is 2.19 bits per heavy atom. The van der Waals surface area contributed by atoms with E-state index < -0.39 is 6.10 Å². The van der Waals surface area contributed by atoms with E-state index in [4.69, 9.17) is 0 Å². The van der Waals surface area contributed by atoms with Crippen molar-refractivity contribution in [1.29, 1.82) is 0 Å². The number of rotatable bonds is 3. The molecule has 0 aliphatic carbocycles. The van der Waals surface area contributed by atoms with Crippen LogP contribution >= 0.6 is 0 Å². The molecular weight excluding hydrogens is 338 g/mol. The lowest BCUT2D eigenvalue weighted by molar-refractivity contribution is 0.0734. The summed E-state index contributed by atoms with van der Waals surface area (Å²) in [5, 5.41) is 26.6. The van der Waals surface area contributed by atoms with Crippen LogP contribution in [-0.2, 0) is 20.1 Å². The Bertz CT molecular complexity index is 941. The van der Waals surface area contributed by atoms with Crippen molar-refractivity contribution < 1.29 is 14.5 Å². The smallest absolute Gasteiger partial charge is 0.278 e. The van der Waals surface area contributed by atoms with Crippen molar-refractivity contribution in [2.24, 2.45) is 7.05 Å². The third-order valence-corrected chi connectivity index (χ3v) is 4.59. The maximum Gasteiger partial charge on any atom is 0.278 e. The molecule has 10 heteroatoms. The van der Waals surface area contributed by atoms with E-state index in [1.807, 2.05) is 10.7 Å². The van der Waals surface area contributed by atoms with Crippen LogP contribution in [0.3, 0.4) is 0 Å².